The van der Waals surface area contributed by atoms with Crippen molar-refractivity contribution >= 4 is 29.8 Å². The van der Waals surface area contributed by atoms with E-state index in [-0.39, 0.29) is 24.2 Å². The zero-order valence-electron chi connectivity index (χ0n) is 12.7. The van der Waals surface area contributed by atoms with Crippen LogP contribution in [0.3, 0.4) is 0 Å². The Labute approximate surface area is 132 Å². The molecule has 21 heavy (non-hydrogen) atoms. The lowest BCUT2D eigenvalue weighted by molar-refractivity contribution is -0.118. The number of pyridine rings is 1. The zero-order chi connectivity index (χ0) is 14.5. The maximum atomic E-state index is 12.0. The summed E-state index contributed by atoms with van der Waals surface area (Å²) in [4.78, 5) is 18.6. The Morgan fingerprint density at radius 1 is 1.43 bits per heavy atom. The van der Waals surface area contributed by atoms with Crippen LogP contribution in [0.2, 0.25) is 0 Å². The van der Waals surface area contributed by atoms with E-state index in [1.165, 1.54) is 12.8 Å². The van der Waals surface area contributed by atoms with Crippen LogP contribution in [-0.4, -0.2) is 30.0 Å². The molecule has 1 aliphatic heterocycles. The molecule has 0 spiro atoms. The summed E-state index contributed by atoms with van der Waals surface area (Å²) in [5.74, 6) is 1.01. The number of hydrogen-bond acceptors (Lipinski definition) is 4. The zero-order valence-corrected chi connectivity index (χ0v) is 13.5. The number of carbonyl (C=O) groups excluding carboxylic acids is 1. The molecule has 1 saturated heterocycles. The molecule has 2 atom stereocenters. The van der Waals surface area contributed by atoms with E-state index in [0.717, 1.165) is 25.3 Å². The standard InChI is InChI=1S/C15H24N4O.ClH/c1-3-11(2)14(16)15(20)18-12-6-7-13(17-10-12)19-8-4-5-9-19;/h6-7,10-11,14H,3-5,8-9,16H2,1-2H3,(H,18,20);1H. The summed E-state index contributed by atoms with van der Waals surface area (Å²) in [5, 5.41) is 2.83. The Hall–Kier alpha value is -1.33. The fourth-order valence-electron chi connectivity index (χ4n) is 2.33. The average molecular weight is 313 g/mol. The van der Waals surface area contributed by atoms with Gasteiger partial charge in [0.1, 0.15) is 5.82 Å². The molecule has 2 heterocycles. The van der Waals surface area contributed by atoms with E-state index < -0.39 is 6.04 Å². The topological polar surface area (TPSA) is 71.2 Å². The Balaban J connectivity index is 0.00000220. The maximum absolute atomic E-state index is 12.0. The summed E-state index contributed by atoms with van der Waals surface area (Å²) in [7, 11) is 0. The van der Waals surface area contributed by atoms with Gasteiger partial charge in [0.25, 0.3) is 0 Å². The normalized spacial score (nSPS) is 17.0. The van der Waals surface area contributed by atoms with Gasteiger partial charge in [0.2, 0.25) is 5.91 Å². The van der Waals surface area contributed by atoms with Crippen molar-refractivity contribution in [3.63, 3.8) is 0 Å². The van der Waals surface area contributed by atoms with Crippen LogP contribution in [0.15, 0.2) is 18.3 Å². The summed E-state index contributed by atoms with van der Waals surface area (Å²) in [5.41, 5.74) is 6.61. The van der Waals surface area contributed by atoms with Crippen LogP contribution >= 0.6 is 12.4 Å². The molecular formula is C15H25ClN4O. The molecule has 1 amide bonds. The minimum Gasteiger partial charge on any atom is -0.357 e. The highest BCUT2D eigenvalue weighted by Gasteiger charge is 2.19. The number of carbonyl (C=O) groups is 1. The van der Waals surface area contributed by atoms with Gasteiger partial charge in [-0.15, -0.1) is 12.4 Å². The molecule has 0 bridgehead atoms. The Morgan fingerprint density at radius 3 is 2.62 bits per heavy atom. The van der Waals surface area contributed by atoms with Gasteiger partial charge in [-0.25, -0.2) is 4.98 Å². The highest BCUT2D eigenvalue weighted by atomic mass is 35.5. The predicted octanol–water partition coefficient (Wildman–Crippen LogP) is 2.42. The molecule has 1 aliphatic rings. The number of nitrogens with one attached hydrogen (secondary N) is 1. The van der Waals surface area contributed by atoms with Crippen LogP contribution in [0.5, 0.6) is 0 Å². The Bertz CT molecular complexity index is 445. The smallest absolute Gasteiger partial charge is 0.241 e. The molecule has 0 aromatic carbocycles. The van der Waals surface area contributed by atoms with Crippen molar-refractivity contribution in [1.29, 1.82) is 0 Å². The van der Waals surface area contributed by atoms with Crippen molar-refractivity contribution < 1.29 is 4.79 Å². The van der Waals surface area contributed by atoms with Gasteiger partial charge in [-0.05, 0) is 30.9 Å². The van der Waals surface area contributed by atoms with Crippen LogP contribution in [-0.2, 0) is 4.79 Å². The lowest BCUT2D eigenvalue weighted by Gasteiger charge is -2.19. The molecule has 118 valence electrons. The van der Waals surface area contributed by atoms with Crippen LogP contribution in [0.1, 0.15) is 33.1 Å². The van der Waals surface area contributed by atoms with Crippen molar-refractivity contribution in [2.24, 2.45) is 11.7 Å². The number of hydrogen-bond donors (Lipinski definition) is 2. The van der Waals surface area contributed by atoms with Gasteiger partial charge in [-0.3, -0.25) is 4.79 Å². The molecule has 0 saturated carbocycles. The van der Waals surface area contributed by atoms with E-state index in [4.69, 9.17) is 5.73 Å². The molecule has 5 nitrogen and oxygen atoms in total. The predicted molar refractivity (Wildman–Crippen MR) is 89.0 cm³/mol. The molecule has 1 fully saturated rings. The monoisotopic (exact) mass is 312 g/mol. The van der Waals surface area contributed by atoms with Crippen molar-refractivity contribution in [1.82, 2.24) is 4.98 Å². The number of halogens is 1. The number of nitrogens with two attached hydrogens (primary N) is 1. The molecule has 2 unspecified atom stereocenters. The first-order valence-corrected chi connectivity index (χ1v) is 7.39. The van der Waals surface area contributed by atoms with Crippen molar-refractivity contribution in [3.05, 3.63) is 18.3 Å². The summed E-state index contributed by atoms with van der Waals surface area (Å²) in [6.45, 7) is 6.15. The summed E-state index contributed by atoms with van der Waals surface area (Å²) in [6.07, 6.45) is 5.05. The number of amides is 1. The quantitative estimate of drug-likeness (QED) is 0.876. The van der Waals surface area contributed by atoms with Crippen molar-refractivity contribution in [3.8, 4) is 0 Å². The summed E-state index contributed by atoms with van der Waals surface area (Å²) in [6, 6.07) is 3.37. The second kappa shape index (κ2) is 8.20. The van der Waals surface area contributed by atoms with E-state index >= 15 is 0 Å². The third kappa shape index (κ3) is 4.58. The van der Waals surface area contributed by atoms with Gasteiger partial charge in [-0.1, -0.05) is 20.3 Å². The molecule has 0 aliphatic carbocycles. The van der Waals surface area contributed by atoms with Crippen LogP contribution in [0, 0.1) is 5.92 Å². The van der Waals surface area contributed by atoms with E-state index in [1.54, 1.807) is 6.20 Å². The van der Waals surface area contributed by atoms with Crippen molar-refractivity contribution in [2.75, 3.05) is 23.3 Å². The summed E-state index contributed by atoms with van der Waals surface area (Å²) >= 11 is 0. The molecule has 0 radical (unpaired) electrons. The van der Waals surface area contributed by atoms with E-state index in [1.807, 2.05) is 26.0 Å². The first kappa shape index (κ1) is 17.7. The van der Waals surface area contributed by atoms with Gasteiger partial charge in [0.15, 0.2) is 0 Å². The third-order valence-electron chi connectivity index (χ3n) is 4.01. The van der Waals surface area contributed by atoms with Crippen molar-refractivity contribution in [2.45, 2.75) is 39.2 Å². The first-order valence-electron chi connectivity index (χ1n) is 7.39. The van der Waals surface area contributed by atoms with Gasteiger partial charge in [0.05, 0.1) is 17.9 Å². The Kier molecular flexibility index (Phi) is 6.92. The van der Waals surface area contributed by atoms with Gasteiger partial charge in [0, 0.05) is 13.1 Å². The number of rotatable bonds is 5. The van der Waals surface area contributed by atoms with Gasteiger partial charge in [-0.2, -0.15) is 0 Å². The molecule has 1 aromatic heterocycles. The SMILES string of the molecule is CCC(C)C(N)C(=O)Nc1ccc(N2CCCC2)nc1.Cl. The second-order valence-corrected chi connectivity index (χ2v) is 5.50. The van der Waals surface area contributed by atoms with Crippen LogP contribution in [0.4, 0.5) is 11.5 Å². The lowest BCUT2D eigenvalue weighted by atomic mass is 9.99. The molecule has 1 aromatic rings. The molecular weight excluding hydrogens is 288 g/mol. The van der Waals surface area contributed by atoms with Crippen LogP contribution < -0.4 is 16.0 Å². The Morgan fingerprint density at radius 2 is 2.10 bits per heavy atom. The fourth-order valence-corrected chi connectivity index (χ4v) is 2.33. The molecule has 6 heteroatoms. The third-order valence-corrected chi connectivity index (χ3v) is 4.01. The number of nitrogens with zero attached hydrogens (tertiary/aromatic N) is 2. The second-order valence-electron chi connectivity index (χ2n) is 5.50. The van der Waals surface area contributed by atoms with Gasteiger partial charge < -0.3 is 16.0 Å². The highest BCUT2D eigenvalue weighted by Crippen LogP contribution is 2.19. The van der Waals surface area contributed by atoms with Gasteiger partial charge >= 0.3 is 0 Å². The molecule has 2 rings (SSSR count). The summed E-state index contributed by atoms with van der Waals surface area (Å²) < 4.78 is 0. The lowest BCUT2D eigenvalue weighted by Crippen LogP contribution is -2.40. The molecule has 3 N–H and O–H groups in total. The number of aromatic nitrogens is 1. The first-order chi connectivity index (χ1) is 9.61. The average Bonchev–Trinajstić information content (AvgIpc) is 3.00. The maximum Gasteiger partial charge on any atom is 0.241 e. The minimum absolute atomic E-state index is 0. The van der Waals surface area contributed by atoms with E-state index in [9.17, 15) is 4.79 Å². The fraction of sp³-hybridized carbons (Fsp3) is 0.600. The number of anilines is 2. The largest absolute Gasteiger partial charge is 0.357 e. The van der Waals surface area contributed by atoms with Crippen LogP contribution in [0.25, 0.3) is 0 Å². The van der Waals surface area contributed by atoms with E-state index in [0.29, 0.717) is 5.69 Å². The highest BCUT2D eigenvalue weighted by molar-refractivity contribution is 5.94. The van der Waals surface area contributed by atoms with E-state index in [2.05, 4.69) is 15.2 Å². The minimum atomic E-state index is -0.474.